The fourth-order valence-electron chi connectivity index (χ4n) is 1.67. The van der Waals surface area contributed by atoms with Crippen molar-refractivity contribution in [3.63, 3.8) is 0 Å². The van der Waals surface area contributed by atoms with E-state index in [4.69, 9.17) is 4.43 Å². The zero-order valence-corrected chi connectivity index (χ0v) is 14.6. The molecule has 18 heavy (non-hydrogen) atoms. The summed E-state index contributed by atoms with van der Waals surface area (Å²) in [4.78, 5) is 0. The monoisotopic (exact) mass is 284 g/mol. The van der Waals surface area contributed by atoms with Gasteiger partial charge >= 0.3 is 0 Å². The van der Waals surface area contributed by atoms with Gasteiger partial charge in [0.1, 0.15) is 0 Å². The van der Waals surface area contributed by atoms with Crippen molar-refractivity contribution in [1.29, 1.82) is 0 Å². The predicted octanol–water partition coefficient (Wildman–Crippen LogP) is 6.00. The molecule has 0 saturated carbocycles. The van der Waals surface area contributed by atoms with Crippen LogP contribution in [0.1, 0.15) is 58.6 Å². The summed E-state index contributed by atoms with van der Waals surface area (Å²) in [7, 11) is -1.67. The Morgan fingerprint density at radius 3 is 2.44 bits per heavy atom. The second-order valence-corrected chi connectivity index (χ2v) is 12.1. The molecule has 104 valence electrons. The Labute approximate surface area is 118 Å². The van der Waals surface area contributed by atoms with Crippen LogP contribution in [0.15, 0.2) is 16.8 Å². The van der Waals surface area contributed by atoms with Gasteiger partial charge in [-0.3, -0.25) is 0 Å². The first kappa shape index (κ1) is 15.9. The highest BCUT2D eigenvalue weighted by atomic mass is 32.1. The van der Waals surface area contributed by atoms with E-state index >= 15 is 0 Å². The van der Waals surface area contributed by atoms with Gasteiger partial charge in [-0.15, -0.1) is 0 Å². The lowest BCUT2D eigenvalue weighted by Crippen LogP contribution is -2.41. The molecule has 0 N–H and O–H groups in total. The van der Waals surface area contributed by atoms with E-state index in [1.807, 2.05) is 0 Å². The van der Waals surface area contributed by atoms with Crippen LogP contribution in [0, 0.1) is 0 Å². The van der Waals surface area contributed by atoms with Gasteiger partial charge in [-0.25, -0.2) is 0 Å². The zero-order chi connectivity index (χ0) is 13.8. The van der Waals surface area contributed by atoms with Gasteiger partial charge in [0.05, 0.1) is 6.10 Å². The molecule has 1 atom stereocenters. The van der Waals surface area contributed by atoms with Crippen molar-refractivity contribution in [3.8, 4) is 0 Å². The Hall–Kier alpha value is -0.123. The van der Waals surface area contributed by atoms with Crippen LogP contribution < -0.4 is 0 Å². The molecular weight excluding hydrogens is 256 g/mol. The Morgan fingerprint density at radius 2 is 2.00 bits per heavy atom. The molecule has 1 rings (SSSR count). The fraction of sp³-hybridized carbons (Fsp3) is 0.733. The number of hydrogen-bond donors (Lipinski definition) is 0. The van der Waals surface area contributed by atoms with E-state index in [9.17, 15) is 0 Å². The topological polar surface area (TPSA) is 9.23 Å². The largest absolute Gasteiger partial charge is 0.410 e. The van der Waals surface area contributed by atoms with Crippen LogP contribution in [-0.4, -0.2) is 8.32 Å². The van der Waals surface area contributed by atoms with Crippen LogP contribution in [0.3, 0.4) is 0 Å². The van der Waals surface area contributed by atoms with Crippen LogP contribution in [0.5, 0.6) is 0 Å². The third-order valence-corrected chi connectivity index (χ3v) is 9.17. The Bertz CT molecular complexity index is 338. The summed E-state index contributed by atoms with van der Waals surface area (Å²) in [6.45, 7) is 13.9. The summed E-state index contributed by atoms with van der Waals surface area (Å²) in [6.07, 6.45) is 3.94. The van der Waals surface area contributed by atoms with Crippen molar-refractivity contribution in [1.82, 2.24) is 0 Å². The van der Waals surface area contributed by atoms with E-state index in [1.54, 1.807) is 11.3 Å². The molecule has 3 heteroatoms. The molecule has 0 aliphatic rings. The summed E-state index contributed by atoms with van der Waals surface area (Å²) in [5.74, 6) is 0. The van der Waals surface area contributed by atoms with Gasteiger partial charge in [-0.1, -0.05) is 40.5 Å². The Morgan fingerprint density at radius 1 is 1.33 bits per heavy atom. The summed E-state index contributed by atoms with van der Waals surface area (Å²) in [6, 6.07) is 2.22. The standard InChI is InChI=1S/C15H28OSSi/c1-7-8-9-14(13-10-11-17-12-13)16-18(5,6)15(2,3)4/h10-12,14H,7-9H2,1-6H3. The first-order chi connectivity index (χ1) is 8.28. The van der Waals surface area contributed by atoms with Crippen molar-refractivity contribution in [2.24, 2.45) is 0 Å². The van der Waals surface area contributed by atoms with Crippen LogP contribution in [-0.2, 0) is 4.43 Å². The third kappa shape index (κ3) is 4.21. The molecule has 1 nitrogen and oxygen atoms in total. The molecule has 0 aliphatic heterocycles. The molecule has 0 aromatic carbocycles. The molecule has 0 fully saturated rings. The highest BCUT2D eigenvalue weighted by Gasteiger charge is 2.39. The first-order valence-corrected chi connectivity index (χ1v) is 10.8. The maximum absolute atomic E-state index is 6.59. The molecule has 1 heterocycles. The lowest BCUT2D eigenvalue weighted by molar-refractivity contribution is 0.171. The van der Waals surface area contributed by atoms with Crippen LogP contribution in [0.4, 0.5) is 0 Å². The maximum Gasteiger partial charge on any atom is 0.192 e. The number of rotatable bonds is 6. The smallest absolute Gasteiger partial charge is 0.192 e. The van der Waals surface area contributed by atoms with Gasteiger partial charge in [0.25, 0.3) is 0 Å². The minimum absolute atomic E-state index is 0.285. The highest BCUT2D eigenvalue weighted by Crippen LogP contribution is 2.41. The summed E-state index contributed by atoms with van der Waals surface area (Å²) >= 11 is 1.77. The van der Waals surface area contributed by atoms with E-state index in [0.29, 0.717) is 6.10 Å². The second-order valence-electron chi connectivity index (χ2n) is 6.57. The average Bonchev–Trinajstić information content (AvgIpc) is 2.75. The third-order valence-electron chi connectivity index (χ3n) is 3.98. The van der Waals surface area contributed by atoms with Gasteiger partial charge in [0.15, 0.2) is 8.32 Å². The van der Waals surface area contributed by atoms with Gasteiger partial charge < -0.3 is 4.43 Å². The van der Waals surface area contributed by atoms with E-state index in [1.165, 1.54) is 18.4 Å². The normalized spacial score (nSPS) is 14.8. The highest BCUT2D eigenvalue weighted by molar-refractivity contribution is 7.08. The molecule has 0 bridgehead atoms. The predicted molar refractivity (Wildman–Crippen MR) is 84.9 cm³/mol. The van der Waals surface area contributed by atoms with Crippen molar-refractivity contribution in [3.05, 3.63) is 22.4 Å². The van der Waals surface area contributed by atoms with E-state index in [-0.39, 0.29) is 5.04 Å². The molecule has 1 aromatic rings. The van der Waals surface area contributed by atoms with Crippen LogP contribution in [0.2, 0.25) is 18.1 Å². The SMILES string of the molecule is CCCCC(O[Si](C)(C)C(C)(C)C)c1ccsc1. The van der Waals surface area contributed by atoms with Crippen LogP contribution >= 0.6 is 11.3 Å². The van der Waals surface area contributed by atoms with Gasteiger partial charge in [-0.2, -0.15) is 11.3 Å². The van der Waals surface area contributed by atoms with E-state index in [2.05, 4.69) is 57.6 Å². The summed E-state index contributed by atoms with van der Waals surface area (Å²) < 4.78 is 6.59. The van der Waals surface area contributed by atoms with Crippen molar-refractivity contribution >= 4 is 19.7 Å². The number of unbranched alkanes of at least 4 members (excludes halogenated alkanes) is 1. The minimum Gasteiger partial charge on any atom is -0.410 e. The summed E-state index contributed by atoms with van der Waals surface area (Å²) in [5, 5.41) is 4.68. The maximum atomic E-state index is 6.59. The van der Waals surface area contributed by atoms with Crippen LogP contribution in [0.25, 0.3) is 0 Å². The van der Waals surface area contributed by atoms with E-state index in [0.717, 1.165) is 6.42 Å². The molecule has 0 spiro atoms. The molecule has 0 aliphatic carbocycles. The van der Waals surface area contributed by atoms with Crippen molar-refractivity contribution in [2.75, 3.05) is 0 Å². The minimum atomic E-state index is -1.67. The molecule has 0 radical (unpaired) electrons. The lowest BCUT2D eigenvalue weighted by Gasteiger charge is -2.39. The number of hydrogen-bond acceptors (Lipinski definition) is 2. The zero-order valence-electron chi connectivity index (χ0n) is 12.7. The average molecular weight is 285 g/mol. The molecular formula is C15H28OSSi. The van der Waals surface area contributed by atoms with Gasteiger partial charge in [-0.05, 0) is 46.9 Å². The fourth-order valence-corrected chi connectivity index (χ4v) is 3.69. The van der Waals surface area contributed by atoms with Gasteiger partial charge in [0, 0.05) is 0 Å². The van der Waals surface area contributed by atoms with E-state index < -0.39 is 8.32 Å². The summed E-state index contributed by atoms with van der Waals surface area (Å²) in [5.41, 5.74) is 1.37. The lowest BCUT2D eigenvalue weighted by atomic mass is 10.1. The first-order valence-electron chi connectivity index (χ1n) is 6.98. The van der Waals surface area contributed by atoms with Crippen molar-refractivity contribution < 1.29 is 4.43 Å². The molecule has 1 unspecified atom stereocenters. The Kier molecular flexibility index (Phi) is 5.62. The Balaban J connectivity index is 2.79. The quantitative estimate of drug-likeness (QED) is 0.582. The second kappa shape index (κ2) is 6.35. The molecule has 1 aromatic heterocycles. The number of thiophene rings is 1. The van der Waals surface area contributed by atoms with Crippen molar-refractivity contribution in [2.45, 2.75) is 71.2 Å². The molecule has 0 saturated heterocycles. The molecule has 0 amide bonds. The van der Waals surface area contributed by atoms with Gasteiger partial charge in [0.2, 0.25) is 0 Å².